The van der Waals surface area contributed by atoms with Gasteiger partial charge in [-0.2, -0.15) is 0 Å². The molecule has 0 saturated heterocycles. The fourth-order valence-corrected chi connectivity index (χ4v) is 3.49. The molecule has 0 unspecified atom stereocenters. The van der Waals surface area contributed by atoms with Gasteiger partial charge in [-0.15, -0.1) is 0 Å². The van der Waals surface area contributed by atoms with Crippen molar-refractivity contribution in [3.05, 3.63) is 29.8 Å². The van der Waals surface area contributed by atoms with E-state index in [-0.39, 0.29) is 17.5 Å². The van der Waals surface area contributed by atoms with Crippen molar-refractivity contribution in [3.8, 4) is 0 Å². The second kappa shape index (κ2) is 7.07. The monoisotopic (exact) mass is 309 g/mol. The van der Waals surface area contributed by atoms with Gasteiger partial charge in [0.1, 0.15) is 9.84 Å². The summed E-state index contributed by atoms with van der Waals surface area (Å²) in [6.07, 6.45) is 6.04. The minimum atomic E-state index is -2.93. The van der Waals surface area contributed by atoms with E-state index in [1.54, 1.807) is 0 Å². The topological polar surface area (TPSA) is 63.2 Å². The van der Waals surface area contributed by atoms with Gasteiger partial charge in [0, 0.05) is 30.0 Å². The third kappa shape index (κ3) is 4.84. The molecule has 0 atom stereocenters. The zero-order chi connectivity index (χ0) is 15.3. The normalized spacial score (nSPS) is 16.0. The number of Topliss-reactive ketones (excluding diaryl/α,β-unsaturated/α-hetero) is 1. The molecule has 1 aromatic carbocycles. The first kappa shape index (κ1) is 16.0. The zero-order valence-electron chi connectivity index (χ0n) is 12.5. The van der Waals surface area contributed by atoms with Crippen molar-refractivity contribution in [3.63, 3.8) is 0 Å². The van der Waals surface area contributed by atoms with Crippen LogP contribution < -0.4 is 5.32 Å². The van der Waals surface area contributed by atoms with E-state index in [1.807, 2.05) is 24.3 Å². The van der Waals surface area contributed by atoms with Crippen molar-refractivity contribution < 1.29 is 13.2 Å². The van der Waals surface area contributed by atoms with Crippen LogP contribution in [0.3, 0.4) is 0 Å². The molecule has 1 aliphatic carbocycles. The first-order valence-electron chi connectivity index (χ1n) is 7.52. The van der Waals surface area contributed by atoms with Crippen molar-refractivity contribution in [2.45, 2.75) is 32.1 Å². The number of anilines is 1. The van der Waals surface area contributed by atoms with Gasteiger partial charge in [-0.25, -0.2) is 8.42 Å². The maximum Gasteiger partial charge on any atom is 0.168 e. The minimum absolute atomic E-state index is 0.156. The second-order valence-corrected chi connectivity index (χ2v) is 8.06. The summed E-state index contributed by atoms with van der Waals surface area (Å²) in [4.78, 5) is 12.5. The SMILES string of the molecule is CS(=O)(=O)CCCNc1ccccc1C(=O)C1CCCC1. The van der Waals surface area contributed by atoms with E-state index in [4.69, 9.17) is 0 Å². The Bertz CT molecular complexity index is 589. The lowest BCUT2D eigenvalue weighted by atomic mass is 9.95. The lowest BCUT2D eigenvalue weighted by Gasteiger charge is -2.14. The zero-order valence-corrected chi connectivity index (χ0v) is 13.3. The van der Waals surface area contributed by atoms with Crippen LogP contribution in [0.1, 0.15) is 42.5 Å². The number of sulfone groups is 1. The number of benzene rings is 1. The number of nitrogens with one attached hydrogen (secondary N) is 1. The molecule has 0 amide bonds. The van der Waals surface area contributed by atoms with Gasteiger partial charge in [-0.3, -0.25) is 4.79 Å². The first-order valence-corrected chi connectivity index (χ1v) is 9.58. The molecule has 1 saturated carbocycles. The van der Waals surface area contributed by atoms with E-state index in [1.165, 1.54) is 6.26 Å². The van der Waals surface area contributed by atoms with Crippen LogP contribution in [0.25, 0.3) is 0 Å². The van der Waals surface area contributed by atoms with Crippen LogP contribution in [0.4, 0.5) is 5.69 Å². The van der Waals surface area contributed by atoms with E-state index in [0.717, 1.165) is 36.9 Å². The van der Waals surface area contributed by atoms with Gasteiger partial charge >= 0.3 is 0 Å². The summed E-state index contributed by atoms with van der Waals surface area (Å²) < 4.78 is 22.2. The molecule has 5 heteroatoms. The Kier molecular flexibility index (Phi) is 5.39. The molecular formula is C16H23NO3S. The van der Waals surface area contributed by atoms with Crippen molar-refractivity contribution >= 4 is 21.3 Å². The number of hydrogen-bond acceptors (Lipinski definition) is 4. The predicted octanol–water partition coefficient (Wildman–Crippen LogP) is 2.91. The Morgan fingerprint density at radius 2 is 1.90 bits per heavy atom. The Balaban J connectivity index is 1.98. The molecule has 0 aliphatic heterocycles. The van der Waals surface area contributed by atoms with Gasteiger partial charge in [0.25, 0.3) is 0 Å². The minimum Gasteiger partial charge on any atom is -0.384 e. The molecule has 1 fully saturated rings. The highest BCUT2D eigenvalue weighted by molar-refractivity contribution is 7.90. The Hall–Kier alpha value is -1.36. The molecular weight excluding hydrogens is 286 g/mol. The molecule has 21 heavy (non-hydrogen) atoms. The molecule has 1 N–H and O–H groups in total. The highest BCUT2D eigenvalue weighted by Gasteiger charge is 2.25. The summed E-state index contributed by atoms with van der Waals surface area (Å²) in [5.41, 5.74) is 1.56. The summed E-state index contributed by atoms with van der Waals surface area (Å²) in [6, 6.07) is 7.52. The molecule has 4 nitrogen and oxygen atoms in total. The van der Waals surface area contributed by atoms with Crippen molar-refractivity contribution in [2.75, 3.05) is 23.9 Å². The second-order valence-electron chi connectivity index (χ2n) is 5.80. The fourth-order valence-electron chi connectivity index (χ4n) is 2.82. The van der Waals surface area contributed by atoms with Gasteiger partial charge in [-0.05, 0) is 31.4 Å². The Labute approximate surface area is 126 Å². The first-order chi connectivity index (χ1) is 9.97. The smallest absolute Gasteiger partial charge is 0.168 e. The number of hydrogen-bond donors (Lipinski definition) is 1. The van der Waals surface area contributed by atoms with Crippen LogP contribution in [0.5, 0.6) is 0 Å². The number of ketones is 1. The summed E-state index contributed by atoms with van der Waals surface area (Å²) in [5.74, 6) is 0.543. The molecule has 2 rings (SSSR count). The lowest BCUT2D eigenvalue weighted by Crippen LogP contribution is -2.15. The van der Waals surface area contributed by atoms with Crippen LogP contribution in [0.15, 0.2) is 24.3 Å². The number of carbonyl (C=O) groups excluding carboxylic acids is 1. The molecule has 1 aliphatic rings. The summed E-state index contributed by atoms with van der Waals surface area (Å²) in [7, 11) is -2.93. The van der Waals surface area contributed by atoms with Gasteiger partial charge in [0.2, 0.25) is 0 Å². The molecule has 0 heterocycles. The van der Waals surface area contributed by atoms with E-state index < -0.39 is 9.84 Å². The highest BCUT2D eigenvalue weighted by atomic mass is 32.2. The number of para-hydroxylation sites is 1. The largest absolute Gasteiger partial charge is 0.384 e. The van der Waals surface area contributed by atoms with E-state index in [2.05, 4.69) is 5.32 Å². The van der Waals surface area contributed by atoms with Crippen molar-refractivity contribution in [2.24, 2.45) is 5.92 Å². The Morgan fingerprint density at radius 3 is 2.57 bits per heavy atom. The van der Waals surface area contributed by atoms with Gasteiger partial charge < -0.3 is 5.32 Å². The number of rotatable bonds is 7. The molecule has 0 radical (unpaired) electrons. The molecule has 0 spiro atoms. The van der Waals surface area contributed by atoms with Crippen LogP contribution in [-0.4, -0.2) is 32.8 Å². The van der Waals surface area contributed by atoms with Crippen LogP contribution in [-0.2, 0) is 9.84 Å². The summed E-state index contributed by atoms with van der Waals surface area (Å²) in [6.45, 7) is 0.558. The number of carbonyl (C=O) groups is 1. The van der Waals surface area contributed by atoms with Gasteiger partial charge in [0.15, 0.2) is 5.78 Å². The maximum atomic E-state index is 12.5. The Morgan fingerprint density at radius 1 is 1.24 bits per heavy atom. The molecule has 116 valence electrons. The van der Waals surface area contributed by atoms with E-state index in [9.17, 15) is 13.2 Å². The average molecular weight is 309 g/mol. The summed E-state index contributed by atoms with van der Waals surface area (Å²) >= 11 is 0. The maximum absolute atomic E-state index is 12.5. The van der Waals surface area contributed by atoms with Gasteiger partial charge in [-0.1, -0.05) is 25.0 Å². The van der Waals surface area contributed by atoms with E-state index in [0.29, 0.717) is 13.0 Å². The molecule has 0 bridgehead atoms. The quantitative estimate of drug-likeness (QED) is 0.621. The van der Waals surface area contributed by atoms with Crippen LogP contribution in [0.2, 0.25) is 0 Å². The summed E-state index contributed by atoms with van der Waals surface area (Å²) in [5, 5.41) is 3.20. The van der Waals surface area contributed by atoms with Gasteiger partial charge in [0.05, 0.1) is 5.75 Å². The highest BCUT2D eigenvalue weighted by Crippen LogP contribution is 2.30. The third-order valence-corrected chi connectivity index (χ3v) is 4.96. The third-order valence-electron chi connectivity index (χ3n) is 3.93. The van der Waals surface area contributed by atoms with E-state index >= 15 is 0 Å². The van der Waals surface area contributed by atoms with Crippen LogP contribution in [0, 0.1) is 5.92 Å². The van der Waals surface area contributed by atoms with Crippen molar-refractivity contribution in [1.29, 1.82) is 0 Å². The van der Waals surface area contributed by atoms with Crippen LogP contribution >= 0.6 is 0 Å². The van der Waals surface area contributed by atoms with Crippen molar-refractivity contribution in [1.82, 2.24) is 0 Å². The average Bonchev–Trinajstić information content (AvgIpc) is 2.96. The molecule has 1 aromatic rings. The fraction of sp³-hybridized carbons (Fsp3) is 0.562. The lowest BCUT2D eigenvalue weighted by molar-refractivity contribution is 0.0923. The molecule has 0 aromatic heterocycles. The standard InChI is InChI=1S/C16H23NO3S/c1-21(19,20)12-6-11-17-15-10-5-4-9-14(15)16(18)13-7-2-3-8-13/h4-5,9-10,13,17H,2-3,6-8,11-12H2,1H3. The predicted molar refractivity (Wildman–Crippen MR) is 85.5 cm³/mol.